The monoisotopic (exact) mass is 474 g/mol. The maximum atomic E-state index is 9.00. The van der Waals surface area contributed by atoms with E-state index in [-0.39, 0.29) is 0 Å². The molecular weight excluding hydrogens is 447 g/mol. The molecule has 6 nitrogen and oxygen atoms in total. The van der Waals surface area contributed by atoms with Gasteiger partial charge in [-0.15, -0.1) is 13.2 Å². The summed E-state index contributed by atoms with van der Waals surface area (Å²) in [7, 11) is 0. The molecule has 0 aliphatic heterocycles. The van der Waals surface area contributed by atoms with Crippen LogP contribution in [0.5, 0.6) is 0 Å². The predicted molar refractivity (Wildman–Crippen MR) is 131 cm³/mol. The first kappa shape index (κ1) is 31.0. The zero-order valence-electron chi connectivity index (χ0n) is 18.9. The fourth-order valence-corrected chi connectivity index (χ4v) is 2.05. The third-order valence-corrected chi connectivity index (χ3v) is 3.95. The van der Waals surface area contributed by atoms with Crippen molar-refractivity contribution in [3.63, 3.8) is 0 Å². The van der Waals surface area contributed by atoms with E-state index in [1.54, 1.807) is 33.8 Å². The van der Waals surface area contributed by atoms with Crippen LogP contribution in [-0.4, -0.2) is 22.2 Å². The molecule has 0 amide bonds. The first-order chi connectivity index (χ1) is 14.8. The first-order valence-electron chi connectivity index (χ1n) is 9.30. The summed E-state index contributed by atoms with van der Waals surface area (Å²) in [5, 5.41) is 33.3. The Bertz CT molecular complexity index is 928. The Kier molecular flexibility index (Phi) is 15.1. The van der Waals surface area contributed by atoms with Crippen molar-refractivity contribution in [2.24, 2.45) is 10.2 Å². The number of nitriles is 2. The summed E-state index contributed by atoms with van der Waals surface area (Å²) in [4.78, 5) is 9.00. The summed E-state index contributed by atoms with van der Waals surface area (Å²) in [6.07, 6.45) is 0. The van der Waals surface area contributed by atoms with E-state index in [0.717, 1.165) is 18.1 Å². The summed E-state index contributed by atoms with van der Waals surface area (Å²) < 4.78 is 0. The van der Waals surface area contributed by atoms with Crippen molar-refractivity contribution in [1.82, 2.24) is 0 Å². The first-order valence-corrected chi connectivity index (χ1v) is 10.1. The lowest BCUT2D eigenvalue weighted by Gasteiger charge is -2.11. The van der Waals surface area contributed by atoms with Gasteiger partial charge in [0.1, 0.15) is 0 Å². The minimum Gasteiger partial charge on any atom is -0.481 e. The molecule has 0 fully saturated rings. The number of rotatable bonds is 3. The summed E-state index contributed by atoms with van der Waals surface area (Å²) in [5.41, 5.74) is 0.377. The van der Waals surface area contributed by atoms with E-state index in [2.05, 4.69) is 23.4 Å². The van der Waals surface area contributed by atoms with Crippen molar-refractivity contribution in [2.45, 2.75) is 45.7 Å². The highest BCUT2D eigenvalue weighted by molar-refractivity contribution is 6.43. The van der Waals surface area contributed by atoms with Crippen LogP contribution in [0.2, 0.25) is 10.0 Å². The lowest BCUT2D eigenvalue weighted by Crippen LogP contribution is -2.17. The van der Waals surface area contributed by atoms with Gasteiger partial charge < -0.3 is 5.11 Å². The van der Waals surface area contributed by atoms with Crippen LogP contribution in [0.15, 0.2) is 71.9 Å². The molecule has 0 saturated carbocycles. The van der Waals surface area contributed by atoms with Gasteiger partial charge in [0, 0.05) is 12.5 Å². The number of hydrogen-bond acceptors (Lipinski definition) is 5. The van der Waals surface area contributed by atoms with Crippen LogP contribution in [0.4, 0.5) is 0 Å². The van der Waals surface area contributed by atoms with Gasteiger partial charge >= 0.3 is 0 Å². The second-order valence-corrected chi connectivity index (χ2v) is 7.81. The molecule has 170 valence electrons. The summed E-state index contributed by atoms with van der Waals surface area (Å²) in [5.74, 6) is -0.833. The summed E-state index contributed by atoms with van der Waals surface area (Å²) in [6, 6.07) is 19.5. The molecule has 0 saturated heterocycles. The number of benzene rings is 2. The molecule has 0 heterocycles. The lowest BCUT2D eigenvalue weighted by molar-refractivity contribution is -0.134. The minimum absolute atomic E-state index is 0.591. The van der Waals surface area contributed by atoms with E-state index in [1.165, 1.54) is 0 Å². The fraction of sp³-hybridized carbons (Fsp3) is 0.292. The molecule has 32 heavy (non-hydrogen) atoms. The van der Waals surface area contributed by atoms with Crippen LogP contribution in [0.3, 0.4) is 0 Å². The lowest BCUT2D eigenvalue weighted by atomic mass is 10.1. The van der Waals surface area contributed by atoms with Gasteiger partial charge in [0.15, 0.2) is 11.1 Å². The molecule has 1 N–H and O–H groups in total. The average Bonchev–Trinajstić information content (AvgIpc) is 2.76. The van der Waals surface area contributed by atoms with E-state index in [4.69, 9.17) is 43.6 Å². The molecule has 0 aliphatic rings. The topological polar surface area (TPSA) is 110 Å². The van der Waals surface area contributed by atoms with E-state index in [9.17, 15) is 0 Å². The van der Waals surface area contributed by atoms with Gasteiger partial charge in [-0.2, -0.15) is 20.8 Å². The van der Waals surface area contributed by atoms with Crippen LogP contribution in [-0.2, 0) is 4.79 Å². The zero-order valence-corrected chi connectivity index (χ0v) is 20.4. The van der Waals surface area contributed by atoms with Gasteiger partial charge in [-0.3, -0.25) is 4.79 Å². The fourth-order valence-electron chi connectivity index (χ4n) is 1.64. The highest BCUT2D eigenvalue weighted by Gasteiger charge is 2.19. The van der Waals surface area contributed by atoms with Gasteiger partial charge in [0.25, 0.3) is 5.97 Å². The molecule has 2 rings (SSSR count). The van der Waals surface area contributed by atoms with Gasteiger partial charge in [0.05, 0.1) is 22.2 Å². The number of aliphatic carboxylic acids is 1. The van der Waals surface area contributed by atoms with Crippen molar-refractivity contribution < 1.29 is 9.90 Å². The van der Waals surface area contributed by atoms with Crippen LogP contribution in [0, 0.1) is 22.7 Å². The highest BCUT2D eigenvalue weighted by Crippen LogP contribution is 2.32. The normalized spacial score (nSPS) is 10.0. The quantitative estimate of drug-likeness (QED) is 0.364. The number of carboxylic acids is 1. The Morgan fingerprint density at radius 3 is 1.69 bits per heavy atom. The van der Waals surface area contributed by atoms with E-state index >= 15 is 0 Å². The van der Waals surface area contributed by atoms with Crippen molar-refractivity contribution in [2.75, 3.05) is 0 Å². The summed E-state index contributed by atoms with van der Waals surface area (Å²) in [6.45, 7) is 13.7. The van der Waals surface area contributed by atoms with Gasteiger partial charge in [-0.1, -0.05) is 65.7 Å². The molecule has 0 aromatic heterocycles. The van der Waals surface area contributed by atoms with Crippen LogP contribution in [0.25, 0.3) is 11.1 Å². The molecule has 0 radical (unpaired) electrons. The SMILES string of the molecule is C=C.CC(=O)O.CC(C)(C#N)N=NC(C)(C)C#N.Clc1cccc(-c2ccccc2)c1Cl. The van der Waals surface area contributed by atoms with Crippen molar-refractivity contribution in [3.05, 3.63) is 71.7 Å². The van der Waals surface area contributed by atoms with Crippen LogP contribution < -0.4 is 0 Å². The van der Waals surface area contributed by atoms with Crippen molar-refractivity contribution in [1.29, 1.82) is 10.5 Å². The zero-order chi connectivity index (χ0) is 25.4. The number of hydrogen-bond donors (Lipinski definition) is 1. The van der Waals surface area contributed by atoms with Gasteiger partial charge in [-0.25, -0.2) is 0 Å². The molecule has 8 heteroatoms. The third kappa shape index (κ3) is 13.9. The number of carbonyl (C=O) groups is 1. The van der Waals surface area contributed by atoms with E-state index < -0.39 is 17.0 Å². The number of carboxylic acid groups (broad SMARTS) is 1. The van der Waals surface area contributed by atoms with E-state index in [1.807, 2.05) is 54.6 Å². The van der Waals surface area contributed by atoms with Crippen LogP contribution >= 0.6 is 23.2 Å². The average molecular weight is 475 g/mol. The Balaban J connectivity index is 0. The molecule has 0 aliphatic carbocycles. The van der Waals surface area contributed by atoms with Crippen LogP contribution in [0.1, 0.15) is 34.6 Å². The highest BCUT2D eigenvalue weighted by atomic mass is 35.5. The third-order valence-electron chi connectivity index (χ3n) is 3.13. The maximum absolute atomic E-state index is 9.00. The molecular formula is C24H28Cl2N4O2. The molecule has 0 bridgehead atoms. The Hall–Kier alpha value is -3.19. The second kappa shape index (κ2) is 15.6. The van der Waals surface area contributed by atoms with Crippen molar-refractivity contribution in [3.8, 4) is 23.3 Å². The van der Waals surface area contributed by atoms with E-state index in [0.29, 0.717) is 10.0 Å². The number of azo groups is 1. The number of halogens is 2. The Morgan fingerprint density at radius 1 is 0.906 bits per heavy atom. The number of nitrogens with zero attached hydrogens (tertiary/aromatic N) is 4. The summed E-state index contributed by atoms with van der Waals surface area (Å²) >= 11 is 12.0. The Morgan fingerprint density at radius 2 is 1.31 bits per heavy atom. The largest absolute Gasteiger partial charge is 0.481 e. The minimum atomic E-state index is -0.839. The standard InChI is InChI=1S/C12H8Cl2.C8H12N4.C2H4O2.C2H4/c13-11-8-4-7-10(12(11)14)9-5-2-1-3-6-9;1-7(2,5-9)11-12-8(3,4)6-10;1-2(3)4;1-2/h1-8H;1-4H3;1H3,(H,3,4);1-2H2. The molecule has 2 aromatic carbocycles. The second-order valence-electron chi connectivity index (χ2n) is 7.03. The molecule has 2 aromatic rings. The maximum Gasteiger partial charge on any atom is 0.300 e. The van der Waals surface area contributed by atoms with Gasteiger partial charge in [-0.05, 0) is 39.3 Å². The molecule has 0 spiro atoms. The van der Waals surface area contributed by atoms with Crippen molar-refractivity contribution >= 4 is 29.2 Å². The van der Waals surface area contributed by atoms with Gasteiger partial charge in [0.2, 0.25) is 0 Å². The smallest absolute Gasteiger partial charge is 0.300 e. The molecule has 0 unspecified atom stereocenters. The molecule has 0 atom stereocenters. The Labute approximate surface area is 200 Å². The predicted octanol–water partition coefficient (Wildman–Crippen LogP) is 7.60.